The van der Waals surface area contributed by atoms with Crippen LogP contribution in [-0.4, -0.2) is 135 Å². The third-order valence-electron chi connectivity index (χ3n) is 8.61. The van der Waals surface area contributed by atoms with Crippen LogP contribution in [0.25, 0.3) is 0 Å². The average molecular weight is 948 g/mol. The fraction of sp³-hybridized carbons (Fsp3) is 0.590. The molecule has 0 heterocycles. The lowest BCUT2D eigenvalue weighted by Crippen LogP contribution is -2.40. The SMILES string of the molecule is CCN(CC)CCN(CC)C(=O)Oc1ccc(COC(=O)Oc2ccc([N+](=O)[O-])cc2)cc1CN(CCCOCCOCCOCCCNC(=O)CCSI)C(C)=O. The Morgan fingerprint density at radius 2 is 1.47 bits per heavy atom. The molecule has 0 aliphatic carbocycles. The summed E-state index contributed by atoms with van der Waals surface area (Å²) in [7, 11) is 1.61. The zero-order valence-corrected chi connectivity index (χ0v) is 36.9. The second kappa shape index (κ2) is 30.3. The number of nitrogens with zero attached hydrogens (tertiary/aromatic N) is 4. The van der Waals surface area contributed by atoms with Gasteiger partial charge in [-0.15, -0.1) is 0 Å². The van der Waals surface area contributed by atoms with Crippen LogP contribution in [0.4, 0.5) is 15.3 Å². The van der Waals surface area contributed by atoms with Crippen molar-refractivity contribution in [1.82, 2.24) is 20.0 Å². The summed E-state index contributed by atoms with van der Waals surface area (Å²) in [5.74, 6) is 0.993. The maximum atomic E-state index is 13.3. The predicted octanol–water partition coefficient (Wildman–Crippen LogP) is 6.24. The van der Waals surface area contributed by atoms with Gasteiger partial charge in [-0.2, -0.15) is 0 Å². The number of ether oxygens (including phenoxy) is 6. The zero-order chi connectivity index (χ0) is 42.5. The van der Waals surface area contributed by atoms with Crippen LogP contribution in [-0.2, 0) is 41.7 Å². The Hall–Kier alpha value is -3.76. The number of nitro benzene ring substituents is 1. The molecule has 0 fully saturated rings. The van der Waals surface area contributed by atoms with Gasteiger partial charge in [-0.05, 0) is 83.9 Å². The molecule has 324 valence electrons. The van der Waals surface area contributed by atoms with Gasteiger partial charge in [0.1, 0.15) is 18.1 Å². The average Bonchev–Trinajstić information content (AvgIpc) is 3.21. The van der Waals surface area contributed by atoms with E-state index in [1.54, 1.807) is 36.9 Å². The molecule has 0 aromatic heterocycles. The third-order valence-corrected chi connectivity index (χ3v) is 10.3. The van der Waals surface area contributed by atoms with Gasteiger partial charge in [0.15, 0.2) is 0 Å². The minimum absolute atomic E-state index is 0.0499. The fourth-order valence-corrected chi connectivity index (χ4v) is 6.19. The maximum Gasteiger partial charge on any atom is 0.514 e. The molecule has 0 radical (unpaired) electrons. The molecule has 19 heteroatoms. The standard InChI is InChI=1S/C39H58IN5O12S/c1-5-42(6-2)19-20-43(7-3)38(48)57-36-15-10-32(30-55-39(49)56-35-13-11-34(12-14-35)45(50)51)28-33(36)29-44(31(4)46)18-9-22-53-24-26-54-25-23-52-21-8-17-41-37(47)16-27-58-40/h10-15,28H,5-9,16-27,29-30H2,1-4H3,(H,41,47). The summed E-state index contributed by atoms with van der Waals surface area (Å²) in [5, 5.41) is 13.8. The number of hydrogen-bond donors (Lipinski definition) is 1. The second-order valence-corrected chi connectivity index (χ2v) is 15.2. The number of rotatable bonds is 30. The van der Waals surface area contributed by atoms with Gasteiger partial charge in [0.2, 0.25) is 11.8 Å². The lowest BCUT2D eigenvalue weighted by atomic mass is 10.1. The van der Waals surface area contributed by atoms with E-state index >= 15 is 0 Å². The highest BCUT2D eigenvalue weighted by atomic mass is 127. The van der Waals surface area contributed by atoms with Gasteiger partial charge in [0.25, 0.3) is 5.69 Å². The van der Waals surface area contributed by atoms with Crippen LogP contribution in [0.15, 0.2) is 42.5 Å². The van der Waals surface area contributed by atoms with Crippen LogP contribution in [0.5, 0.6) is 11.5 Å². The molecule has 0 aliphatic heterocycles. The number of nitro groups is 1. The highest BCUT2D eigenvalue weighted by Gasteiger charge is 2.20. The number of benzene rings is 2. The first kappa shape index (κ1) is 50.4. The van der Waals surface area contributed by atoms with Gasteiger partial charge in [-0.25, -0.2) is 9.59 Å². The molecule has 0 atom stereocenters. The van der Waals surface area contributed by atoms with E-state index in [9.17, 15) is 29.3 Å². The molecule has 3 amide bonds. The fourth-order valence-electron chi connectivity index (χ4n) is 5.26. The number of hydrogen-bond acceptors (Lipinski definition) is 14. The molecule has 17 nitrogen and oxygen atoms in total. The quantitative estimate of drug-likeness (QED) is 0.0231. The molecule has 0 saturated heterocycles. The van der Waals surface area contributed by atoms with E-state index < -0.39 is 17.2 Å². The van der Waals surface area contributed by atoms with Crippen LogP contribution in [0.2, 0.25) is 0 Å². The molecule has 1 N–H and O–H groups in total. The van der Waals surface area contributed by atoms with Gasteiger partial charge in [0.05, 0.1) is 31.4 Å². The number of non-ortho nitro benzene ring substituents is 1. The van der Waals surface area contributed by atoms with Crippen molar-refractivity contribution in [2.24, 2.45) is 0 Å². The summed E-state index contributed by atoms with van der Waals surface area (Å²) in [4.78, 5) is 65.9. The van der Waals surface area contributed by atoms with Crippen molar-refractivity contribution in [1.29, 1.82) is 0 Å². The second-order valence-electron chi connectivity index (χ2n) is 12.7. The van der Waals surface area contributed by atoms with E-state index in [-0.39, 0.29) is 42.2 Å². The topological polar surface area (TPSA) is 189 Å². The highest BCUT2D eigenvalue weighted by Crippen LogP contribution is 2.25. The van der Waals surface area contributed by atoms with E-state index in [1.807, 2.05) is 6.92 Å². The smallest absolute Gasteiger partial charge is 0.429 e. The van der Waals surface area contributed by atoms with E-state index in [1.165, 1.54) is 31.2 Å². The lowest BCUT2D eigenvalue weighted by Gasteiger charge is -2.26. The molecular formula is C39H58IN5O12S. The van der Waals surface area contributed by atoms with Gasteiger partial charge < -0.3 is 48.4 Å². The molecular weight excluding hydrogens is 889 g/mol. The van der Waals surface area contributed by atoms with Crippen molar-refractivity contribution in [3.63, 3.8) is 0 Å². The van der Waals surface area contributed by atoms with Crippen molar-refractivity contribution in [2.45, 2.75) is 60.1 Å². The van der Waals surface area contributed by atoms with Crippen molar-refractivity contribution in [3.05, 3.63) is 63.7 Å². The predicted molar refractivity (Wildman–Crippen MR) is 228 cm³/mol. The summed E-state index contributed by atoms with van der Waals surface area (Å²) in [6.45, 7) is 14.2. The molecule has 0 unspecified atom stereocenters. The highest BCUT2D eigenvalue weighted by molar-refractivity contribution is 14.2. The first-order valence-electron chi connectivity index (χ1n) is 19.4. The number of likely N-dealkylation sites (N-methyl/N-ethyl adjacent to an activating group) is 2. The Kier molecular flexibility index (Phi) is 26.3. The van der Waals surface area contributed by atoms with Crippen LogP contribution in [0.1, 0.15) is 58.1 Å². The van der Waals surface area contributed by atoms with Crippen molar-refractivity contribution in [3.8, 4) is 11.5 Å². The zero-order valence-electron chi connectivity index (χ0n) is 34.0. The van der Waals surface area contributed by atoms with Crippen LogP contribution in [0, 0.1) is 10.1 Å². The molecule has 58 heavy (non-hydrogen) atoms. The normalized spacial score (nSPS) is 10.9. The van der Waals surface area contributed by atoms with Gasteiger partial charge in [0, 0.05) is 89.3 Å². The number of nitrogens with one attached hydrogen (secondary N) is 1. The largest absolute Gasteiger partial charge is 0.514 e. The van der Waals surface area contributed by atoms with E-state index in [0.717, 1.165) is 25.3 Å². The maximum absolute atomic E-state index is 13.3. The van der Waals surface area contributed by atoms with Crippen molar-refractivity contribution < 1.29 is 52.5 Å². The Morgan fingerprint density at radius 1 is 0.810 bits per heavy atom. The first-order chi connectivity index (χ1) is 28.0. The number of carbonyl (C=O) groups excluding carboxylic acids is 4. The summed E-state index contributed by atoms with van der Waals surface area (Å²) < 4.78 is 33.2. The van der Waals surface area contributed by atoms with Crippen LogP contribution in [0.3, 0.4) is 0 Å². The van der Waals surface area contributed by atoms with E-state index in [2.05, 4.69) is 45.3 Å². The van der Waals surface area contributed by atoms with Crippen molar-refractivity contribution in [2.75, 3.05) is 91.2 Å². The molecule has 0 spiro atoms. The molecule has 2 aromatic carbocycles. The number of carbonyl (C=O) groups is 4. The van der Waals surface area contributed by atoms with Crippen LogP contribution >= 0.6 is 30.1 Å². The number of halogens is 1. The number of amides is 3. The van der Waals surface area contributed by atoms with E-state index in [4.69, 9.17) is 28.4 Å². The monoisotopic (exact) mass is 947 g/mol. The molecule has 0 saturated carbocycles. The minimum Gasteiger partial charge on any atom is -0.429 e. The van der Waals surface area contributed by atoms with Crippen molar-refractivity contribution >= 4 is 59.9 Å². The Morgan fingerprint density at radius 3 is 2.07 bits per heavy atom. The molecule has 2 aromatic rings. The molecule has 0 bridgehead atoms. The summed E-state index contributed by atoms with van der Waals surface area (Å²) in [6, 6.07) is 9.95. The van der Waals surface area contributed by atoms with Gasteiger partial charge in [-0.1, -0.05) is 28.8 Å². The first-order valence-corrected chi connectivity index (χ1v) is 22.9. The summed E-state index contributed by atoms with van der Waals surface area (Å²) in [6.07, 6.45) is 0.245. The Labute approximate surface area is 357 Å². The Bertz CT molecular complexity index is 1540. The summed E-state index contributed by atoms with van der Waals surface area (Å²) in [5.41, 5.74) is 0.927. The molecule has 0 aliphatic rings. The van der Waals surface area contributed by atoms with Gasteiger partial charge in [-0.3, -0.25) is 19.7 Å². The van der Waals surface area contributed by atoms with Gasteiger partial charge >= 0.3 is 12.2 Å². The minimum atomic E-state index is -1.02. The lowest BCUT2D eigenvalue weighted by molar-refractivity contribution is -0.384. The van der Waals surface area contributed by atoms with Crippen LogP contribution < -0.4 is 14.8 Å². The summed E-state index contributed by atoms with van der Waals surface area (Å²) >= 11 is 2.17. The third kappa shape index (κ3) is 21.3. The van der Waals surface area contributed by atoms with E-state index in [0.29, 0.717) is 96.3 Å². The Balaban J connectivity index is 1.93. The molecule has 2 rings (SSSR count).